The summed E-state index contributed by atoms with van der Waals surface area (Å²) in [5.41, 5.74) is 5.14. The van der Waals surface area contributed by atoms with Crippen LogP contribution in [0, 0.1) is 0 Å². The molecule has 0 bridgehead atoms. The van der Waals surface area contributed by atoms with E-state index in [9.17, 15) is 18.3 Å². The van der Waals surface area contributed by atoms with Crippen molar-refractivity contribution in [2.75, 3.05) is 12.8 Å². The molecule has 2 rings (SSSR count). The Balaban J connectivity index is 0.00000312. The third kappa shape index (κ3) is 5.85. The zero-order valence-electron chi connectivity index (χ0n) is 14.1. The van der Waals surface area contributed by atoms with Crippen LogP contribution in [-0.2, 0) is 21.2 Å². The van der Waals surface area contributed by atoms with Crippen LogP contribution in [0.2, 0.25) is 0 Å². The van der Waals surface area contributed by atoms with Gasteiger partial charge in [-0.05, 0) is 24.8 Å². The first-order valence-corrected chi connectivity index (χ1v) is 9.78. The average molecular weight is 393 g/mol. The summed E-state index contributed by atoms with van der Waals surface area (Å²) in [5.74, 6) is 0. The second kappa shape index (κ2) is 8.84. The highest BCUT2D eigenvalue weighted by molar-refractivity contribution is 7.91. The number of aliphatic hydroxyl groups is 1. The van der Waals surface area contributed by atoms with Gasteiger partial charge in [0.15, 0.2) is 0 Å². The van der Waals surface area contributed by atoms with Gasteiger partial charge in [0.2, 0.25) is 0 Å². The summed E-state index contributed by atoms with van der Waals surface area (Å²) in [6.45, 7) is 0.0308. The number of alkyl carbamates (subject to hydrolysis) is 1. The Morgan fingerprint density at radius 3 is 2.60 bits per heavy atom. The zero-order chi connectivity index (χ0) is 17.8. The van der Waals surface area contributed by atoms with Crippen LogP contribution in [0.1, 0.15) is 24.8 Å². The minimum atomic E-state index is -3.25. The molecule has 0 heterocycles. The molecule has 3 unspecified atom stereocenters. The van der Waals surface area contributed by atoms with Crippen molar-refractivity contribution in [3.63, 3.8) is 0 Å². The van der Waals surface area contributed by atoms with Gasteiger partial charge >= 0.3 is 6.09 Å². The highest BCUT2D eigenvalue weighted by atomic mass is 35.5. The molecule has 142 valence electrons. The lowest BCUT2D eigenvalue weighted by Gasteiger charge is -2.41. The van der Waals surface area contributed by atoms with Crippen LogP contribution in [0.5, 0.6) is 0 Å². The molecule has 0 saturated heterocycles. The number of carbonyl (C=O) groups is 1. The van der Waals surface area contributed by atoms with Crippen molar-refractivity contribution in [1.29, 1.82) is 0 Å². The Hall–Kier alpha value is -1.35. The van der Waals surface area contributed by atoms with Crippen molar-refractivity contribution in [2.24, 2.45) is 5.73 Å². The van der Waals surface area contributed by atoms with Crippen LogP contribution in [0.15, 0.2) is 30.3 Å². The quantitative estimate of drug-likeness (QED) is 0.687. The molecule has 3 atom stereocenters. The second-order valence-electron chi connectivity index (χ2n) is 6.29. The van der Waals surface area contributed by atoms with Crippen LogP contribution in [0.3, 0.4) is 0 Å². The van der Waals surface area contributed by atoms with E-state index >= 15 is 0 Å². The summed E-state index contributed by atoms with van der Waals surface area (Å²) in [4.78, 5) is 12.0. The van der Waals surface area contributed by atoms with E-state index in [1.807, 2.05) is 30.3 Å². The smallest absolute Gasteiger partial charge is 0.407 e. The first-order chi connectivity index (χ1) is 11.2. The van der Waals surface area contributed by atoms with E-state index in [1.54, 1.807) is 0 Å². The van der Waals surface area contributed by atoms with Gasteiger partial charge in [-0.25, -0.2) is 13.2 Å². The van der Waals surface area contributed by atoms with Crippen LogP contribution in [0.25, 0.3) is 0 Å². The number of hydrogen-bond donors (Lipinski definition) is 3. The molecule has 0 spiro atoms. The largest absolute Gasteiger partial charge is 0.445 e. The number of amides is 1. The van der Waals surface area contributed by atoms with Crippen LogP contribution < -0.4 is 11.1 Å². The van der Waals surface area contributed by atoms with Crippen molar-refractivity contribution in [3.8, 4) is 0 Å². The van der Waals surface area contributed by atoms with Gasteiger partial charge in [-0.1, -0.05) is 30.3 Å². The average Bonchev–Trinajstić information content (AvgIpc) is 2.55. The molecule has 0 radical (unpaired) electrons. The molecule has 0 aromatic heterocycles. The number of hydrogen-bond acceptors (Lipinski definition) is 6. The Labute approximate surface area is 154 Å². The predicted molar refractivity (Wildman–Crippen MR) is 97.3 cm³/mol. The van der Waals surface area contributed by atoms with E-state index in [1.165, 1.54) is 0 Å². The molecule has 1 aromatic rings. The van der Waals surface area contributed by atoms with Crippen molar-refractivity contribution < 1.29 is 23.1 Å². The fraction of sp³-hybridized carbons (Fsp3) is 0.562. The molecule has 1 fully saturated rings. The van der Waals surface area contributed by atoms with Gasteiger partial charge in [0, 0.05) is 12.8 Å². The minimum Gasteiger partial charge on any atom is -0.445 e. The third-order valence-corrected chi connectivity index (χ3v) is 6.15. The standard InChI is InChI=1S/C16H24N2O5S.ClH/c1-24(21,22)13-7-8-16(20,11-17)14(9-13)18-15(19)23-10-12-5-3-2-4-6-12;/h2-6,13-14,20H,7-11,17H2,1H3,(H,18,19);1H. The van der Waals surface area contributed by atoms with Gasteiger partial charge < -0.3 is 20.9 Å². The van der Waals surface area contributed by atoms with Gasteiger partial charge in [-0.3, -0.25) is 0 Å². The summed E-state index contributed by atoms with van der Waals surface area (Å²) >= 11 is 0. The molecule has 25 heavy (non-hydrogen) atoms. The lowest BCUT2D eigenvalue weighted by Crippen LogP contribution is -2.61. The highest BCUT2D eigenvalue weighted by Crippen LogP contribution is 2.31. The number of ether oxygens (including phenoxy) is 1. The van der Waals surface area contributed by atoms with Crippen molar-refractivity contribution in [3.05, 3.63) is 35.9 Å². The Bertz CT molecular complexity index is 670. The molecule has 1 aliphatic carbocycles. The van der Waals surface area contributed by atoms with Crippen molar-refractivity contribution >= 4 is 28.3 Å². The van der Waals surface area contributed by atoms with Crippen LogP contribution in [0.4, 0.5) is 4.79 Å². The molecule has 4 N–H and O–H groups in total. The molecule has 1 aliphatic rings. The fourth-order valence-corrected chi connectivity index (χ4v) is 4.01. The molecular weight excluding hydrogens is 368 g/mol. The van der Waals surface area contributed by atoms with E-state index in [0.29, 0.717) is 6.42 Å². The van der Waals surface area contributed by atoms with Gasteiger partial charge in [0.25, 0.3) is 0 Å². The summed E-state index contributed by atoms with van der Waals surface area (Å²) in [6, 6.07) is 8.41. The fourth-order valence-electron chi connectivity index (χ4n) is 2.92. The summed E-state index contributed by atoms with van der Waals surface area (Å²) in [6.07, 6.45) is 1.11. The maximum absolute atomic E-state index is 12.0. The zero-order valence-corrected chi connectivity index (χ0v) is 15.7. The van der Waals surface area contributed by atoms with E-state index < -0.39 is 32.8 Å². The van der Waals surface area contributed by atoms with E-state index in [4.69, 9.17) is 10.5 Å². The monoisotopic (exact) mass is 392 g/mol. The number of nitrogens with two attached hydrogens (primary N) is 1. The number of sulfone groups is 1. The molecule has 1 aromatic carbocycles. The predicted octanol–water partition coefficient (Wildman–Crippen LogP) is 0.990. The number of carbonyl (C=O) groups excluding carboxylic acids is 1. The number of rotatable bonds is 5. The lowest BCUT2D eigenvalue weighted by molar-refractivity contribution is -0.0180. The molecule has 0 aliphatic heterocycles. The summed E-state index contributed by atoms with van der Waals surface area (Å²) in [7, 11) is -3.25. The van der Waals surface area contributed by atoms with Gasteiger partial charge in [0.05, 0.1) is 16.9 Å². The van der Waals surface area contributed by atoms with E-state index in [-0.39, 0.29) is 38.4 Å². The maximum Gasteiger partial charge on any atom is 0.407 e. The van der Waals surface area contributed by atoms with Gasteiger partial charge in [-0.2, -0.15) is 0 Å². The van der Waals surface area contributed by atoms with Crippen LogP contribution >= 0.6 is 12.4 Å². The summed E-state index contributed by atoms with van der Waals surface area (Å²) in [5, 5.41) is 12.5. The van der Waals surface area contributed by atoms with E-state index in [2.05, 4.69) is 5.32 Å². The summed E-state index contributed by atoms with van der Waals surface area (Å²) < 4.78 is 28.7. The first-order valence-electron chi connectivity index (χ1n) is 7.83. The first kappa shape index (κ1) is 21.7. The van der Waals surface area contributed by atoms with Crippen molar-refractivity contribution in [1.82, 2.24) is 5.32 Å². The van der Waals surface area contributed by atoms with Gasteiger partial charge in [0.1, 0.15) is 16.4 Å². The highest BCUT2D eigenvalue weighted by Gasteiger charge is 2.44. The second-order valence-corrected chi connectivity index (χ2v) is 8.62. The normalized spacial score (nSPS) is 26.4. The van der Waals surface area contributed by atoms with Crippen molar-refractivity contribution in [2.45, 2.75) is 42.8 Å². The molecule has 7 nitrogen and oxygen atoms in total. The third-order valence-electron chi connectivity index (χ3n) is 4.51. The van der Waals surface area contributed by atoms with Crippen LogP contribution in [-0.4, -0.2) is 49.3 Å². The topological polar surface area (TPSA) is 119 Å². The molecule has 1 amide bonds. The number of nitrogens with one attached hydrogen (secondary N) is 1. The van der Waals surface area contributed by atoms with E-state index in [0.717, 1.165) is 11.8 Å². The lowest BCUT2D eigenvalue weighted by atomic mass is 9.80. The maximum atomic E-state index is 12.0. The molecule has 1 saturated carbocycles. The molecule has 9 heteroatoms. The Kier molecular flexibility index (Phi) is 7.67. The number of halogens is 1. The molecular formula is C16H25ClN2O5S. The van der Waals surface area contributed by atoms with Gasteiger partial charge in [-0.15, -0.1) is 12.4 Å². The SMILES string of the molecule is CS(=O)(=O)C1CCC(O)(CN)C(NC(=O)OCc2ccccc2)C1.Cl. The minimum absolute atomic E-state index is 0. The Morgan fingerprint density at radius 2 is 2.04 bits per heavy atom. The Morgan fingerprint density at radius 1 is 1.40 bits per heavy atom. The number of benzene rings is 1.